The van der Waals surface area contributed by atoms with Crippen molar-refractivity contribution in [3.63, 3.8) is 0 Å². The number of nitro benzene ring substituents is 1. The second kappa shape index (κ2) is 8.07. The summed E-state index contributed by atoms with van der Waals surface area (Å²) < 4.78 is 0. The highest BCUT2D eigenvalue weighted by atomic mass is 35.5. The number of carbonyl (C=O) groups is 1. The van der Waals surface area contributed by atoms with Crippen LogP contribution in [-0.2, 0) is 4.79 Å². The number of nitrogens with two attached hydrogens (primary N) is 1. The predicted octanol–water partition coefficient (Wildman–Crippen LogP) is 1.40. The van der Waals surface area contributed by atoms with Gasteiger partial charge < -0.3 is 10.6 Å². The van der Waals surface area contributed by atoms with Gasteiger partial charge in [-0.3, -0.25) is 19.8 Å². The van der Waals surface area contributed by atoms with E-state index < -0.39 is 4.92 Å². The molecule has 1 aliphatic rings. The molecule has 0 aliphatic carbocycles. The van der Waals surface area contributed by atoms with Crippen molar-refractivity contribution < 1.29 is 9.72 Å². The lowest BCUT2D eigenvalue weighted by molar-refractivity contribution is -0.384. The molecule has 0 aromatic heterocycles. The second-order valence-corrected chi connectivity index (χ2v) is 5.34. The van der Waals surface area contributed by atoms with Crippen molar-refractivity contribution in [2.75, 3.05) is 31.6 Å². The van der Waals surface area contributed by atoms with Crippen LogP contribution in [0.4, 0.5) is 11.4 Å². The molecule has 8 heteroatoms. The first kappa shape index (κ1) is 18.3. The van der Waals surface area contributed by atoms with Gasteiger partial charge in [-0.15, -0.1) is 12.4 Å². The van der Waals surface area contributed by atoms with E-state index in [-0.39, 0.29) is 30.0 Å². The molecule has 0 spiro atoms. The standard InChI is InChI=1S/C14H20N4O3.ClH/c1-16(12-2-4-13(5-3-12)18(20)21)14(19)10-17-8-6-11(15)7-9-17;/h2-5,11H,6-10,15H2,1H3;1H. The molecule has 1 fully saturated rings. The third-order valence-corrected chi connectivity index (χ3v) is 3.81. The first-order valence-electron chi connectivity index (χ1n) is 6.96. The largest absolute Gasteiger partial charge is 0.328 e. The van der Waals surface area contributed by atoms with Crippen LogP contribution in [0.1, 0.15) is 12.8 Å². The Labute approximate surface area is 135 Å². The van der Waals surface area contributed by atoms with Crippen LogP contribution in [0.2, 0.25) is 0 Å². The smallest absolute Gasteiger partial charge is 0.269 e. The summed E-state index contributed by atoms with van der Waals surface area (Å²) in [6.07, 6.45) is 1.82. The van der Waals surface area contributed by atoms with Crippen LogP contribution in [0.5, 0.6) is 0 Å². The first-order valence-corrected chi connectivity index (χ1v) is 6.96. The molecule has 1 aromatic carbocycles. The van der Waals surface area contributed by atoms with E-state index in [1.807, 2.05) is 0 Å². The first-order chi connectivity index (χ1) is 9.97. The number of likely N-dealkylation sites (tertiary alicyclic amines) is 1. The Morgan fingerprint density at radius 3 is 2.41 bits per heavy atom. The molecule has 1 aliphatic heterocycles. The van der Waals surface area contributed by atoms with Gasteiger partial charge in [-0.2, -0.15) is 0 Å². The number of amides is 1. The number of benzene rings is 1. The fourth-order valence-corrected chi connectivity index (χ4v) is 2.35. The molecular formula is C14H21ClN4O3. The van der Waals surface area contributed by atoms with Gasteiger partial charge in [-0.25, -0.2) is 0 Å². The van der Waals surface area contributed by atoms with E-state index in [4.69, 9.17) is 5.73 Å². The highest BCUT2D eigenvalue weighted by Crippen LogP contribution is 2.19. The maximum absolute atomic E-state index is 12.2. The summed E-state index contributed by atoms with van der Waals surface area (Å²) in [5.74, 6) is -0.0284. The fourth-order valence-electron chi connectivity index (χ4n) is 2.35. The summed E-state index contributed by atoms with van der Waals surface area (Å²) in [5, 5.41) is 10.6. The minimum atomic E-state index is -0.456. The number of rotatable bonds is 4. The van der Waals surface area contributed by atoms with Gasteiger partial charge >= 0.3 is 0 Å². The van der Waals surface area contributed by atoms with Crippen molar-refractivity contribution in [2.45, 2.75) is 18.9 Å². The number of non-ortho nitro benzene ring substituents is 1. The summed E-state index contributed by atoms with van der Waals surface area (Å²) in [7, 11) is 1.68. The second-order valence-electron chi connectivity index (χ2n) is 5.34. The number of piperidine rings is 1. The van der Waals surface area contributed by atoms with Crippen LogP contribution in [0.3, 0.4) is 0 Å². The lowest BCUT2D eigenvalue weighted by Gasteiger charge is -2.30. The third kappa shape index (κ3) is 4.66. The normalized spacial score (nSPS) is 15.9. The molecule has 1 heterocycles. The van der Waals surface area contributed by atoms with Gasteiger partial charge in [0.25, 0.3) is 5.69 Å². The summed E-state index contributed by atoms with van der Waals surface area (Å²) >= 11 is 0. The molecule has 1 aromatic rings. The van der Waals surface area contributed by atoms with E-state index in [2.05, 4.69) is 4.90 Å². The Morgan fingerprint density at radius 2 is 1.91 bits per heavy atom. The Balaban J connectivity index is 0.00000242. The molecule has 122 valence electrons. The van der Waals surface area contributed by atoms with Crippen molar-refractivity contribution in [2.24, 2.45) is 5.73 Å². The molecule has 7 nitrogen and oxygen atoms in total. The molecule has 1 saturated heterocycles. The zero-order chi connectivity index (χ0) is 15.4. The van der Waals surface area contributed by atoms with E-state index >= 15 is 0 Å². The van der Waals surface area contributed by atoms with Gasteiger partial charge in [0.15, 0.2) is 0 Å². The van der Waals surface area contributed by atoms with Gasteiger partial charge in [-0.1, -0.05) is 0 Å². The SMILES string of the molecule is CN(C(=O)CN1CCC(N)CC1)c1ccc([N+](=O)[O-])cc1.Cl. The monoisotopic (exact) mass is 328 g/mol. The minimum absolute atomic E-state index is 0. The zero-order valence-electron chi connectivity index (χ0n) is 12.5. The molecule has 22 heavy (non-hydrogen) atoms. The fraction of sp³-hybridized carbons (Fsp3) is 0.500. The molecule has 2 N–H and O–H groups in total. The van der Waals surface area contributed by atoms with E-state index in [9.17, 15) is 14.9 Å². The van der Waals surface area contributed by atoms with Gasteiger partial charge in [0.1, 0.15) is 0 Å². The number of nitrogens with zero attached hydrogens (tertiary/aromatic N) is 3. The zero-order valence-corrected chi connectivity index (χ0v) is 13.3. The van der Waals surface area contributed by atoms with Crippen LogP contribution in [0, 0.1) is 10.1 Å². The number of anilines is 1. The molecule has 0 saturated carbocycles. The Bertz CT molecular complexity index is 515. The number of carbonyl (C=O) groups excluding carboxylic acids is 1. The van der Waals surface area contributed by atoms with Crippen LogP contribution < -0.4 is 10.6 Å². The number of likely N-dealkylation sites (N-methyl/N-ethyl adjacent to an activating group) is 1. The maximum Gasteiger partial charge on any atom is 0.269 e. The van der Waals surface area contributed by atoms with Gasteiger partial charge in [0.05, 0.1) is 11.5 Å². The molecule has 1 amide bonds. The van der Waals surface area contributed by atoms with E-state index in [0.717, 1.165) is 25.9 Å². The van der Waals surface area contributed by atoms with Crippen molar-refractivity contribution >= 4 is 29.7 Å². The van der Waals surface area contributed by atoms with Crippen molar-refractivity contribution in [3.8, 4) is 0 Å². The molecule has 0 atom stereocenters. The molecular weight excluding hydrogens is 308 g/mol. The van der Waals surface area contributed by atoms with E-state index in [1.54, 1.807) is 19.2 Å². The lowest BCUT2D eigenvalue weighted by atomic mass is 10.1. The van der Waals surface area contributed by atoms with Crippen molar-refractivity contribution in [1.82, 2.24) is 4.90 Å². The van der Waals surface area contributed by atoms with Crippen LogP contribution in [0.15, 0.2) is 24.3 Å². The van der Waals surface area contributed by atoms with Gasteiger partial charge in [-0.05, 0) is 25.0 Å². The van der Waals surface area contributed by atoms with Crippen LogP contribution >= 0.6 is 12.4 Å². The average Bonchev–Trinajstić information content (AvgIpc) is 2.49. The highest BCUT2D eigenvalue weighted by molar-refractivity contribution is 5.94. The van der Waals surface area contributed by atoms with E-state index in [0.29, 0.717) is 12.2 Å². The molecule has 0 radical (unpaired) electrons. The van der Waals surface area contributed by atoms with Crippen molar-refractivity contribution in [3.05, 3.63) is 34.4 Å². The highest BCUT2D eigenvalue weighted by Gasteiger charge is 2.20. The number of hydrogen-bond donors (Lipinski definition) is 1. The molecule has 0 unspecified atom stereocenters. The topological polar surface area (TPSA) is 92.7 Å². The number of nitro groups is 1. The third-order valence-electron chi connectivity index (χ3n) is 3.81. The van der Waals surface area contributed by atoms with Crippen LogP contribution in [-0.4, -0.2) is 48.5 Å². The quantitative estimate of drug-likeness (QED) is 0.666. The predicted molar refractivity (Wildman–Crippen MR) is 87.4 cm³/mol. The average molecular weight is 329 g/mol. The van der Waals surface area contributed by atoms with Gasteiger partial charge in [0.2, 0.25) is 5.91 Å². The Hall–Kier alpha value is -1.70. The summed E-state index contributed by atoms with van der Waals surface area (Å²) in [4.78, 5) is 26.0. The summed E-state index contributed by atoms with van der Waals surface area (Å²) in [6, 6.07) is 6.21. The van der Waals surface area contributed by atoms with Crippen molar-refractivity contribution in [1.29, 1.82) is 0 Å². The van der Waals surface area contributed by atoms with Crippen LogP contribution in [0.25, 0.3) is 0 Å². The summed E-state index contributed by atoms with van der Waals surface area (Å²) in [5.41, 5.74) is 6.51. The Morgan fingerprint density at radius 1 is 1.36 bits per heavy atom. The lowest BCUT2D eigenvalue weighted by Crippen LogP contribution is -2.45. The number of halogens is 1. The van der Waals surface area contributed by atoms with Gasteiger partial charge in [0, 0.05) is 44.0 Å². The molecule has 0 bridgehead atoms. The Kier molecular flexibility index (Phi) is 6.73. The minimum Gasteiger partial charge on any atom is -0.328 e. The van der Waals surface area contributed by atoms with E-state index in [1.165, 1.54) is 17.0 Å². The number of hydrogen-bond acceptors (Lipinski definition) is 5. The summed E-state index contributed by atoms with van der Waals surface area (Å²) in [6.45, 7) is 2.02. The molecule has 2 rings (SSSR count). The maximum atomic E-state index is 12.2.